The van der Waals surface area contributed by atoms with Gasteiger partial charge in [0.15, 0.2) is 0 Å². The molecule has 2 unspecified atom stereocenters. The Morgan fingerprint density at radius 3 is 2.38 bits per heavy atom. The summed E-state index contributed by atoms with van der Waals surface area (Å²) in [7, 11) is 0. The Balaban J connectivity index is 2.18. The molecule has 0 aliphatic rings. The van der Waals surface area contributed by atoms with Crippen molar-refractivity contribution in [3.05, 3.63) is 69.2 Å². The van der Waals surface area contributed by atoms with Crippen molar-refractivity contribution in [1.82, 2.24) is 5.32 Å². The van der Waals surface area contributed by atoms with Gasteiger partial charge in [-0.05, 0) is 56.2 Å². The van der Waals surface area contributed by atoms with Gasteiger partial charge in [-0.3, -0.25) is 0 Å². The van der Waals surface area contributed by atoms with Gasteiger partial charge in [0.1, 0.15) is 11.6 Å². The minimum atomic E-state index is -0.379. The maximum Gasteiger partial charge on any atom is 0.128 e. The Bertz CT molecular complexity index is 643. The zero-order valence-electron chi connectivity index (χ0n) is 12.3. The number of benzene rings is 2. The highest BCUT2D eigenvalue weighted by molar-refractivity contribution is 9.10. The highest BCUT2D eigenvalue weighted by Crippen LogP contribution is 2.25. The molecule has 0 aromatic heterocycles. The molecule has 0 saturated heterocycles. The van der Waals surface area contributed by atoms with E-state index in [1.807, 2.05) is 38.1 Å². The van der Waals surface area contributed by atoms with Gasteiger partial charge in [-0.2, -0.15) is 0 Å². The van der Waals surface area contributed by atoms with Crippen molar-refractivity contribution in [3.8, 4) is 0 Å². The first-order valence-corrected chi connectivity index (χ1v) is 7.65. The number of halogens is 3. The number of nitrogens with one attached hydrogen (secondary N) is 1. The maximum atomic E-state index is 14.0. The lowest BCUT2D eigenvalue weighted by Gasteiger charge is -2.21. The van der Waals surface area contributed by atoms with E-state index in [0.717, 1.165) is 10.0 Å². The van der Waals surface area contributed by atoms with Crippen LogP contribution in [0.25, 0.3) is 0 Å². The van der Waals surface area contributed by atoms with Gasteiger partial charge in [-0.15, -0.1) is 0 Å². The van der Waals surface area contributed by atoms with Crippen LogP contribution in [0.1, 0.15) is 42.6 Å². The van der Waals surface area contributed by atoms with Gasteiger partial charge in [-0.1, -0.05) is 28.1 Å². The monoisotopic (exact) mass is 353 g/mol. The van der Waals surface area contributed by atoms with Crippen molar-refractivity contribution in [2.45, 2.75) is 32.9 Å². The second-order valence-corrected chi connectivity index (χ2v) is 6.20. The average Bonchev–Trinajstić information content (AvgIpc) is 2.42. The number of hydrogen-bond donors (Lipinski definition) is 1. The van der Waals surface area contributed by atoms with Crippen LogP contribution in [0.2, 0.25) is 0 Å². The molecular weight excluding hydrogens is 336 g/mol. The van der Waals surface area contributed by atoms with Crippen LogP contribution < -0.4 is 5.32 Å². The first-order chi connectivity index (χ1) is 9.88. The second kappa shape index (κ2) is 6.67. The van der Waals surface area contributed by atoms with Gasteiger partial charge in [0.05, 0.1) is 0 Å². The third-order valence-corrected chi connectivity index (χ3v) is 4.09. The summed E-state index contributed by atoms with van der Waals surface area (Å²) in [6.07, 6.45) is 0. The van der Waals surface area contributed by atoms with E-state index in [9.17, 15) is 8.78 Å². The quantitative estimate of drug-likeness (QED) is 0.770. The van der Waals surface area contributed by atoms with Crippen LogP contribution in [0, 0.1) is 18.6 Å². The third kappa shape index (κ3) is 3.89. The molecule has 0 amide bonds. The summed E-state index contributed by atoms with van der Waals surface area (Å²) in [6, 6.07) is 10.2. The molecule has 1 nitrogen and oxygen atoms in total. The normalized spacial score (nSPS) is 14.0. The maximum absolute atomic E-state index is 14.0. The molecule has 0 fully saturated rings. The lowest BCUT2D eigenvalue weighted by atomic mass is 10.0. The zero-order chi connectivity index (χ0) is 15.6. The molecule has 0 heterocycles. The van der Waals surface area contributed by atoms with E-state index < -0.39 is 0 Å². The Hall–Kier alpha value is -1.26. The van der Waals surface area contributed by atoms with Crippen LogP contribution in [0.5, 0.6) is 0 Å². The highest BCUT2D eigenvalue weighted by atomic mass is 79.9. The Labute approximate surface area is 132 Å². The Morgan fingerprint density at radius 1 is 1.00 bits per heavy atom. The molecule has 2 rings (SSSR count). The minimum absolute atomic E-state index is 0.0289. The largest absolute Gasteiger partial charge is 0.304 e. The van der Waals surface area contributed by atoms with Crippen LogP contribution in [0.4, 0.5) is 8.78 Å². The molecule has 2 aromatic carbocycles. The van der Waals surface area contributed by atoms with Crippen LogP contribution in [-0.2, 0) is 0 Å². The van der Waals surface area contributed by atoms with E-state index in [1.54, 1.807) is 6.92 Å². The molecule has 0 radical (unpaired) electrons. The van der Waals surface area contributed by atoms with Crippen molar-refractivity contribution in [2.24, 2.45) is 0 Å². The van der Waals surface area contributed by atoms with Crippen LogP contribution >= 0.6 is 15.9 Å². The fourth-order valence-electron chi connectivity index (χ4n) is 2.33. The van der Waals surface area contributed by atoms with E-state index in [0.29, 0.717) is 11.1 Å². The lowest BCUT2D eigenvalue weighted by molar-refractivity contribution is 0.469. The molecule has 0 aliphatic heterocycles. The zero-order valence-corrected chi connectivity index (χ0v) is 13.8. The van der Waals surface area contributed by atoms with Crippen LogP contribution in [0.15, 0.2) is 40.9 Å². The number of aryl methyl sites for hydroxylation is 1. The summed E-state index contributed by atoms with van der Waals surface area (Å²) in [5.41, 5.74) is 1.76. The molecule has 2 aromatic rings. The standard InChI is InChI=1S/C17H18BrF2N/c1-10-7-17(20)15(9-16(10)19)12(3)21-11(2)13-5-4-6-14(18)8-13/h4-9,11-12,21H,1-3H3. The van der Waals surface area contributed by atoms with Gasteiger partial charge < -0.3 is 5.32 Å². The van der Waals surface area contributed by atoms with Crippen molar-refractivity contribution in [1.29, 1.82) is 0 Å². The van der Waals surface area contributed by atoms with E-state index in [4.69, 9.17) is 0 Å². The van der Waals surface area contributed by atoms with E-state index in [1.165, 1.54) is 12.1 Å². The smallest absolute Gasteiger partial charge is 0.128 e. The fourth-order valence-corrected chi connectivity index (χ4v) is 2.75. The molecular formula is C17H18BrF2N. The number of hydrogen-bond acceptors (Lipinski definition) is 1. The SMILES string of the molecule is Cc1cc(F)c(C(C)NC(C)c2cccc(Br)c2)cc1F. The molecule has 2 atom stereocenters. The molecule has 0 aliphatic carbocycles. The van der Waals surface area contributed by atoms with Gasteiger partial charge in [0, 0.05) is 22.1 Å². The first kappa shape index (κ1) is 16.1. The predicted octanol–water partition coefficient (Wildman–Crippen LogP) is 5.45. The summed E-state index contributed by atoms with van der Waals surface area (Å²) in [5.74, 6) is -0.759. The lowest BCUT2D eigenvalue weighted by Crippen LogP contribution is -2.23. The van der Waals surface area contributed by atoms with E-state index in [2.05, 4.69) is 21.2 Å². The minimum Gasteiger partial charge on any atom is -0.304 e. The van der Waals surface area contributed by atoms with Crippen molar-refractivity contribution >= 4 is 15.9 Å². The second-order valence-electron chi connectivity index (χ2n) is 5.29. The molecule has 0 spiro atoms. The Kier molecular flexibility index (Phi) is 5.12. The predicted molar refractivity (Wildman–Crippen MR) is 85.2 cm³/mol. The summed E-state index contributed by atoms with van der Waals surface area (Å²) >= 11 is 3.43. The third-order valence-electron chi connectivity index (χ3n) is 3.59. The molecule has 0 bridgehead atoms. The highest BCUT2D eigenvalue weighted by Gasteiger charge is 2.16. The van der Waals surface area contributed by atoms with E-state index in [-0.39, 0.29) is 23.7 Å². The van der Waals surface area contributed by atoms with Crippen LogP contribution in [-0.4, -0.2) is 0 Å². The average molecular weight is 354 g/mol. The van der Waals surface area contributed by atoms with E-state index >= 15 is 0 Å². The molecule has 1 N–H and O–H groups in total. The van der Waals surface area contributed by atoms with Gasteiger partial charge >= 0.3 is 0 Å². The van der Waals surface area contributed by atoms with Crippen molar-refractivity contribution in [3.63, 3.8) is 0 Å². The van der Waals surface area contributed by atoms with Gasteiger partial charge in [0.2, 0.25) is 0 Å². The fraction of sp³-hybridized carbons (Fsp3) is 0.294. The Morgan fingerprint density at radius 2 is 1.71 bits per heavy atom. The summed E-state index contributed by atoms with van der Waals surface area (Å²) in [4.78, 5) is 0. The topological polar surface area (TPSA) is 12.0 Å². The molecule has 21 heavy (non-hydrogen) atoms. The van der Waals surface area contributed by atoms with Gasteiger partial charge in [0.25, 0.3) is 0 Å². The summed E-state index contributed by atoms with van der Waals surface area (Å²) in [6.45, 7) is 5.40. The summed E-state index contributed by atoms with van der Waals surface area (Å²) < 4.78 is 28.6. The first-order valence-electron chi connectivity index (χ1n) is 6.85. The van der Waals surface area contributed by atoms with Gasteiger partial charge in [-0.25, -0.2) is 8.78 Å². The van der Waals surface area contributed by atoms with Crippen molar-refractivity contribution in [2.75, 3.05) is 0 Å². The molecule has 4 heteroatoms. The number of rotatable bonds is 4. The molecule has 112 valence electrons. The van der Waals surface area contributed by atoms with Crippen molar-refractivity contribution < 1.29 is 8.78 Å². The van der Waals surface area contributed by atoms with Crippen LogP contribution in [0.3, 0.4) is 0 Å². The summed E-state index contributed by atoms with van der Waals surface area (Å²) in [5, 5.41) is 3.30. The molecule has 0 saturated carbocycles.